The van der Waals surface area contributed by atoms with Gasteiger partial charge in [0.25, 0.3) is 0 Å². The van der Waals surface area contributed by atoms with Crippen LogP contribution in [0.25, 0.3) is 0 Å². The van der Waals surface area contributed by atoms with Crippen molar-refractivity contribution in [1.82, 2.24) is 0 Å². The van der Waals surface area contributed by atoms with Gasteiger partial charge in [0.15, 0.2) is 0 Å². The Balaban J connectivity index is 1.75. The van der Waals surface area contributed by atoms with Crippen LogP contribution in [-0.2, 0) is 16.1 Å². The maximum atomic E-state index is 2.66. The van der Waals surface area contributed by atoms with Gasteiger partial charge in [0.05, 0.1) is 0 Å². The van der Waals surface area contributed by atoms with Gasteiger partial charge in [-0.25, -0.2) is 0 Å². The normalized spacial score (nSPS) is 30.1. The van der Waals surface area contributed by atoms with Gasteiger partial charge < -0.3 is 0 Å². The van der Waals surface area contributed by atoms with E-state index in [0.717, 1.165) is 4.31 Å². The van der Waals surface area contributed by atoms with Gasteiger partial charge in [-0.1, -0.05) is 0 Å². The van der Waals surface area contributed by atoms with Crippen LogP contribution in [0.2, 0.25) is 17.2 Å². The van der Waals surface area contributed by atoms with E-state index in [1.165, 1.54) is 12.9 Å². The van der Waals surface area contributed by atoms with Crippen LogP contribution in [0.3, 0.4) is 0 Å². The summed E-state index contributed by atoms with van der Waals surface area (Å²) in [5.74, 6) is 0. The third-order valence-corrected chi connectivity index (χ3v) is 23.2. The zero-order valence-electron chi connectivity index (χ0n) is 13.4. The van der Waals surface area contributed by atoms with E-state index >= 15 is 0 Å². The summed E-state index contributed by atoms with van der Waals surface area (Å²) in [5, 5.41) is 0. The van der Waals surface area contributed by atoms with E-state index in [4.69, 9.17) is 0 Å². The number of hydrogen-bond donors (Lipinski definition) is 0. The van der Waals surface area contributed by atoms with Gasteiger partial charge in [-0.05, 0) is 0 Å². The fraction of sp³-hybridized carbons (Fsp3) is 0.800. The molecule has 0 amide bonds. The number of allylic oxidation sites excluding steroid dienone is 4. The molecule has 0 spiro atoms. The average molecular weight is 468 g/mol. The van der Waals surface area contributed by atoms with Gasteiger partial charge in [-0.2, -0.15) is 0 Å². The molecule has 21 heavy (non-hydrogen) atoms. The van der Waals surface area contributed by atoms with Crippen molar-refractivity contribution in [3.8, 4) is 0 Å². The molecule has 122 valence electrons. The van der Waals surface area contributed by atoms with Gasteiger partial charge in [0, 0.05) is 0 Å². The molecule has 1 heteroatoms. The van der Waals surface area contributed by atoms with Crippen LogP contribution >= 0.6 is 0 Å². The van der Waals surface area contributed by atoms with Crippen molar-refractivity contribution in [3.05, 3.63) is 24.3 Å². The van der Waals surface area contributed by atoms with Crippen LogP contribution in [0.1, 0.15) is 77.0 Å². The third-order valence-electron chi connectivity index (χ3n) is 6.13. The monoisotopic (exact) mass is 467 g/mol. The van der Waals surface area contributed by atoms with Crippen LogP contribution in [0.15, 0.2) is 24.3 Å². The van der Waals surface area contributed by atoms with Gasteiger partial charge >= 0.3 is 135 Å². The van der Waals surface area contributed by atoms with Crippen molar-refractivity contribution < 1.29 is 16.1 Å². The summed E-state index contributed by atoms with van der Waals surface area (Å²) in [6, 6.07) is 0. The predicted octanol–water partition coefficient (Wildman–Crippen LogP) is 7.14. The molecule has 3 saturated carbocycles. The van der Waals surface area contributed by atoms with E-state index in [-0.39, 0.29) is 0 Å². The molecule has 0 aromatic carbocycles. The standard InChI is InChI=1S/3C5H9.C5H5.Pt/c4*1-2-4-5-3-1;/h3*1H,2-5H2;1-5H;. The molecule has 0 bridgehead atoms. The van der Waals surface area contributed by atoms with E-state index in [1.807, 2.05) is 0 Å². The summed E-state index contributed by atoms with van der Waals surface area (Å²) < 4.78 is 4.58. The van der Waals surface area contributed by atoms with Crippen LogP contribution < -0.4 is 0 Å². The van der Waals surface area contributed by atoms with Crippen molar-refractivity contribution in [2.75, 3.05) is 0 Å². The molecule has 0 aliphatic heterocycles. The van der Waals surface area contributed by atoms with Crippen LogP contribution in [0.5, 0.6) is 0 Å². The molecule has 0 aromatic heterocycles. The Bertz CT molecular complexity index is 351. The summed E-state index contributed by atoms with van der Waals surface area (Å²) in [5.41, 5.74) is 0. The first-order valence-electron chi connectivity index (χ1n) is 9.35. The summed E-state index contributed by atoms with van der Waals surface area (Å²) in [7, 11) is 0. The first-order valence-corrected chi connectivity index (χ1v) is 14.6. The second kappa shape index (κ2) is 6.35. The Morgan fingerprint density at radius 3 is 1.19 bits per heavy atom. The van der Waals surface area contributed by atoms with Crippen LogP contribution in [0, 0.1) is 0 Å². The summed E-state index contributed by atoms with van der Waals surface area (Å²) >= 11 is -1.80. The molecule has 4 aliphatic carbocycles. The van der Waals surface area contributed by atoms with Gasteiger partial charge in [-0.15, -0.1) is 0 Å². The SMILES string of the molecule is C1=C[CH]([Pt]([CH]2CCCC2)([CH]2CCCC2)[CH]2CCCC2)C=C1. The zero-order chi connectivity index (χ0) is 14.1. The summed E-state index contributed by atoms with van der Waals surface area (Å²) in [6.45, 7) is 0. The Hall–Kier alpha value is 0.168. The minimum atomic E-state index is -1.80. The van der Waals surface area contributed by atoms with Crippen molar-refractivity contribution in [3.63, 3.8) is 0 Å². The molecule has 0 unspecified atom stereocenters. The van der Waals surface area contributed by atoms with Crippen molar-refractivity contribution in [1.29, 1.82) is 0 Å². The molecule has 0 saturated heterocycles. The molecule has 4 aliphatic rings. The summed E-state index contributed by atoms with van der Waals surface area (Å²) in [4.78, 5) is 0. The first kappa shape index (κ1) is 14.7. The topological polar surface area (TPSA) is 0 Å². The van der Waals surface area contributed by atoms with Crippen LogP contribution in [0.4, 0.5) is 0 Å². The maximum absolute atomic E-state index is 2.66. The average Bonchev–Trinajstić information content (AvgIpc) is 3.32. The van der Waals surface area contributed by atoms with Crippen molar-refractivity contribution in [2.24, 2.45) is 0 Å². The quantitative estimate of drug-likeness (QED) is 0.412. The van der Waals surface area contributed by atoms with E-state index in [9.17, 15) is 0 Å². The van der Waals surface area contributed by atoms with Gasteiger partial charge in [0.1, 0.15) is 0 Å². The fourth-order valence-corrected chi connectivity index (χ4v) is 25.1. The summed E-state index contributed by atoms with van der Waals surface area (Å²) in [6.07, 6.45) is 29.1. The molecule has 0 N–H and O–H groups in total. The first-order chi connectivity index (χ1) is 10.4. The zero-order valence-corrected chi connectivity index (χ0v) is 15.7. The third kappa shape index (κ3) is 2.45. The molecular formula is C20H32Pt. The molecule has 0 nitrogen and oxygen atoms in total. The van der Waals surface area contributed by atoms with E-state index in [0.29, 0.717) is 0 Å². The van der Waals surface area contributed by atoms with Crippen molar-refractivity contribution in [2.45, 2.75) is 94.3 Å². The Morgan fingerprint density at radius 1 is 0.524 bits per heavy atom. The van der Waals surface area contributed by atoms with E-state index < -0.39 is 16.1 Å². The molecule has 4 rings (SSSR count). The van der Waals surface area contributed by atoms with E-state index in [2.05, 4.69) is 24.3 Å². The molecular weight excluding hydrogens is 435 g/mol. The second-order valence-electron chi connectivity index (χ2n) is 7.30. The molecule has 0 radical (unpaired) electrons. The predicted molar refractivity (Wildman–Crippen MR) is 88.7 cm³/mol. The molecule has 0 aromatic rings. The number of hydrogen-bond acceptors (Lipinski definition) is 0. The van der Waals surface area contributed by atoms with Gasteiger partial charge in [0.2, 0.25) is 0 Å². The molecule has 0 atom stereocenters. The Morgan fingerprint density at radius 2 is 0.857 bits per heavy atom. The molecule has 0 heterocycles. The second-order valence-corrected chi connectivity index (χ2v) is 18.9. The molecule has 3 fully saturated rings. The fourth-order valence-electron chi connectivity index (χ4n) is 5.25. The Kier molecular flexibility index (Phi) is 4.46. The van der Waals surface area contributed by atoms with Crippen LogP contribution in [-0.4, -0.2) is 0 Å². The Labute approximate surface area is 134 Å². The minimum absolute atomic E-state index is 0.951. The van der Waals surface area contributed by atoms with Crippen molar-refractivity contribution >= 4 is 0 Å². The number of rotatable bonds is 4. The van der Waals surface area contributed by atoms with Gasteiger partial charge in [-0.3, -0.25) is 0 Å². The van der Waals surface area contributed by atoms with E-state index in [1.54, 1.807) is 77.0 Å².